The molecule has 0 amide bonds. The number of ether oxygens (including phenoxy) is 1. The predicted octanol–water partition coefficient (Wildman–Crippen LogP) is 0.107. The van der Waals surface area contributed by atoms with Gasteiger partial charge in [0.25, 0.3) is 0 Å². The van der Waals surface area contributed by atoms with Crippen LogP contribution in [0.2, 0.25) is 0 Å². The zero-order valence-corrected chi connectivity index (χ0v) is 5.83. The molecule has 0 aliphatic carbocycles. The molecule has 0 bridgehead atoms. The quantitative estimate of drug-likeness (QED) is 0.328. The summed E-state index contributed by atoms with van der Waals surface area (Å²) in [4.78, 5) is 10.9. The highest BCUT2D eigenvalue weighted by Gasteiger charge is 2.06. The van der Waals surface area contributed by atoms with Crippen LogP contribution in [0, 0.1) is 5.21 Å². The van der Waals surface area contributed by atoms with Crippen molar-refractivity contribution >= 4 is 5.97 Å². The Morgan fingerprint density at radius 3 is 3.27 bits per heavy atom. The van der Waals surface area contributed by atoms with Crippen LogP contribution in [0.4, 0.5) is 0 Å². The first-order valence-corrected chi connectivity index (χ1v) is 2.86. The summed E-state index contributed by atoms with van der Waals surface area (Å²) < 4.78 is 18.6. The van der Waals surface area contributed by atoms with Gasteiger partial charge in [0, 0.05) is 6.07 Å². The highest BCUT2D eigenvalue weighted by molar-refractivity contribution is 5.88. The SMILES string of the molecule is [2H]c1ccc(C(=O)OC)c([2H])[n+]1[O-]. The fourth-order valence-corrected chi connectivity index (χ4v) is 0.591. The molecule has 0 fully saturated rings. The van der Waals surface area contributed by atoms with Gasteiger partial charge in [-0.2, -0.15) is 4.73 Å². The molecule has 1 aromatic rings. The number of rotatable bonds is 1. The van der Waals surface area contributed by atoms with Crippen LogP contribution in [-0.2, 0) is 4.74 Å². The van der Waals surface area contributed by atoms with Gasteiger partial charge in [0.15, 0.2) is 12.3 Å². The minimum Gasteiger partial charge on any atom is -0.619 e. The number of carbonyl (C=O) groups excluding carboxylic acids is 1. The van der Waals surface area contributed by atoms with Gasteiger partial charge in [0.05, 0.1) is 7.11 Å². The zero-order valence-electron chi connectivity index (χ0n) is 7.83. The lowest BCUT2D eigenvalue weighted by molar-refractivity contribution is -0.605. The van der Waals surface area contributed by atoms with Crippen LogP contribution in [0.25, 0.3) is 0 Å². The van der Waals surface area contributed by atoms with Crippen molar-refractivity contribution in [1.82, 2.24) is 0 Å². The van der Waals surface area contributed by atoms with Crippen molar-refractivity contribution in [3.05, 3.63) is 35.2 Å². The van der Waals surface area contributed by atoms with Crippen molar-refractivity contribution in [3.63, 3.8) is 0 Å². The molecule has 0 unspecified atom stereocenters. The second-order valence-electron chi connectivity index (χ2n) is 1.77. The standard InChI is InChI=1S/C7H7NO3/c1-11-7(9)6-3-2-4-8(10)5-6/h2-5H,1H3/i4D,5D. The molecule has 11 heavy (non-hydrogen) atoms. The number of pyridine rings is 1. The van der Waals surface area contributed by atoms with Gasteiger partial charge in [-0.3, -0.25) is 0 Å². The number of carbonyl (C=O) groups is 1. The lowest BCUT2D eigenvalue weighted by atomic mass is 10.3. The van der Waals surface area contributed by atoms with Crippen LogP contribution in [-0.4, -0.2) is 13.1 Å². The third-order valence-corrected chi connectivity index (χ3v) is 1.07. The van der Waals surface area contributed by atoms with Crippen LogP contribution < -0.4 is 4.73 Å². The molecule has 0 saturated carbocycles. The third kappa shape index (κ3) is 1.67. The molecule has 1 rings (SSSR count). The van der Waals surface area contributed by atoms with Gasteiger partial charge in [-0.15, -0.1) is 0 Å². The van der Waals surface area contributed by atoms with Crippen molar-refractivity contribution in [2.24, 2.45) is 0 Å². The Kier molecular flexibility index (Phi) is 1.40. The van der Waals surface area contributed by atoms with Crippen molar-refractivity contribution in [2.75, 3.05) is 7.11 Å². The van der Waals surface area contributed by atoms with E-state index in [1.807, 2.05) is 0 Å². The molecule has 0 spiro atoms. The van der Waals surface area contributed by atoms with Gasteiger partial charge in [-0.25, -0.2) is 4.79 Å². The van der Waals surface area contributed by atoms with Crippen molar-refractivity contribution in [2.45, 2.75) is 0 Å². The van der Waals surface area contributed by atoms with E-state index in [0.717, 1.165) is 13.2 Å². The van der Waals surface area contributed by atoms with Crippen LogP contribution in [0.1, 0.15) is 13.1 Å². The number of aromatic nitrogens is 1. The molecule has 0 saturated heterocycles. The molecule has 0 radical (unpaired) electrons. The molecule has 1 heterocycles. The Morgan fingerprint density at radius 2 is 2.64 bits per heavy atom. The first kappa shape index (κ1) is 5.12. The molecule has 0 aromatic carbocycles. The predicted molar refractivity (Wildman–Crippen MR) is 36.7 cm³/mol. The van der Waals surface area contributed by atoms with Crippen molar-refractivity contribution < 1.29 is 17.0 Å². The van der Waals surface area contributed by atoms with E-state index in [-0.39, 0.29) is 16.5 Å². The topological polar surface area (TPSA) is 53.2 Å². The van der Waals surface area contributed by atoms with Crippen LogP contribution in [0.5, 0.6) is 0 Å². The molecular formula is C7H7NO3. The first-order chi connectivity index (χ1) is 6.07. The maximum absolute atomic E-state index is 10.9. The Labute approximate surface area is 66.4 Å². The van der Waals surface area contributed by atoms with Crippen LogP contribution >= 0.6 is 0 Å². The van der Waals surface area contributed by atoms with Gasteiger partial charge < -0.3 is 9.94 Å². The Morgan fingerprint density at radius 1 is 1.91 bits per heavy atom. The summed E-state index contributed by atoms with van der Waals surface area (Å²) in [6.07, 6.45) is -0.947. The normalized spacial score (nSPS) is 11.7. The van der Waals surface area contributed by atoms with Crippen LogP contribution in [0.15, 0.2) is 24.5 Å². The Hall–Kier alpha value is -1.58. The molecule has 0 atom stereocenters. The lowest BCUT2D eigenvalue weighted by Gasteiger charge is -1.97. The lowest BCUT2D eigenvalue weighted by Crippen LogP contribution is -2.25. The number of esters is 1. The molecule has 1 aromatic heterocycles. The summed E-state index contributed by atoms with van der Waals surface area (Å²) in [7, 11) is 1.16. The van der Waals surface area contributed by atoms with Crippen molar-refractivity contribution in [1.29, 1.82) is 0 Å². The smallest absolute Gasteiger partial charge is 0.344 e. The first-order valence-electron chi connectivity index (χ1n) is 3.86. The second kappa shape index (κ2) is 3.01. The van der Waals surface area contributed by atoms with Crippen LogP contribution in [0.3, 0.4) is 0 Å². The minimum absolute atomic E-state index is 0.0479. The largest absolute Gasteiger partial charge is 0.619 e. The summed E-state index contributed by atoms with van der Waals surface area (Å²) in [5.41, 5.74) is -0.145. The maximum atomic E-state index is 10.9. The van der Waals surface area contributed by atoms with E-state index in [2.05, 4.69) is 4.74 Å². The van der Waals surface area contributed by atoms with E-state index in [9.17, 15) is 10.0 Å². The number of nitrogens with zero attached hydrogens (tertiary/aromatic N) is 1. The van der Waals surface area contributed by atoms with Gasteiger partial charge in [0.2, 0.25) is 0 Å². The van der Waals surface area contributed by atoms with Gasteiger partial charge >= 0.3 is 5.97 Å². The number of hydrogen-bond acceptors (Lipinski definition) is 3. The molecular weight excluding hydrogens is 146 g/mol. The molecule has 4 nitrogen and oxygen atoms in total. The Bertz CT molecular complexity index is 354. The number of hydrogen-bond donors (Lipinski definition) is 0. The summed E-state index contributed by atoms with van der Waals surface area (Å²) >= 11 is 0. The van der Waals surface area contributed by atoms with E-state index in [4.69, 9.17) is 2.74 Å². The monoisotopic (exact) mass is 155 g/mol. The fraction of sp³-hybridized carbons (Fsp3) is 0.143. The summed E-state index contributed by atoms with van der Waals surface area (Å²) in [5.74, 6) is -0.755. The van der Waals surface area contributed by atoms with Gasteiger partial charge in [0.1, 0.15) is 8.30 Å². The van der Waals surface area contributed by atoms with E-state index < -0.39 is 12.1 Å². The van der Waals surface area contributed by atoms with Crippen molar-refractivity contribution in [3.8, 4) is 0 Å². The third-order valence-electron chi connectivity index (χ3n) is 1.07. The summed E-state index contributed by atoms with van der Waals surface area (Å²) in [6, 6.07) is 2.35. The molecule has 0 aliphatic rings. The van der Waals surface area contributed by atoms with E-state index in [0.29, 0.717) is 0 Å². The minimum atomic E-state index is -0.755. The Balaban J connectivity index is 3.26. The molecule has 0 aliphatic heterocycles. The molecule has 58 valence electrons. The van der Waals surface area contributed by atoms with Gasteiger partial charge in [-0.1, -0.05) is 0 Å². The second-order valence-corrected chi connectivity index (χ2v) is 1.77. The average Bonchev–Trinajstić information content (AvgIpc) is 2.13. The van der Waals surface area contributed by atoms with E-state index >= 15 is 0 Å². The summed E-state index contributed by atoms with van der Waals surface area (Å²) in [6.45, 7) is 0. The van der Waals surface area contributed by atoms with E-state index in [1.165, 1.54) is 6.07 Å². The summed E-state index contributed by atoms with van der Waals surface area (Å²) in [5, 5.41) is 10.9. The maximum Gasteiger partial charge on any atom is 0.344 e. The molecule has 4 heteroatoms. The van der Waals surface area contributed by atoms with E-state index in [1.54, 1.807) is 0 Å². The van der Waals surface area contributed by atoms with Gasteiger partial charge in [-0.05, 0) is 6.07 Å². The zero-order chi connectivity index (χ0) is 10.0. The average molecular weight is 155 g/mol. The number of methoxy groups -OCH3 is 1. The fourth-order valence-electron chi connectivity index (χ4n) is 0.591. The molecule has 0 N–H and O–H groups in total. The highest BCUT2D eigenvalue weighted by atomic mass is 16.5. The highest BCUT2D eigenvalue weighted by Crippen LogP contribution is 1.95.